The maximum atomic E-state index is 11.1. The maximum Gasteiger partial charge on any atom is 0.257 e. The van der Waals surface area contributed by atoms with Crippen molar-refractivity contribution in [1.82, 2.24) is 9.38 Å². The van der Waals surface area contributed by atoms with Gasteiger partial charge in [-0.2, -0.15) is 0 Å². The highest BCUT2D eigenvalue weighted by atomic mass is 35.5. The molecule has 0 aliphatic heterocycles. The van der Waals surface area contributed by atoms with E-state index in [0.29, 0.717) is 5.65 Å². The van der Waals surface area contributed by atoms with Crippen LogP contribution in [0.15, 0.2) is 41.5 Å². The van der Waals surface area contributed by atoms with Gasteiger partial charge in [0.2, 0.25) is 0 Å². The molecular formula is C8H8Cl2N2O. The first-order chi connectivity index (χ1) is 5.38. The molecule has 2 aromatic rings. The van der Waals surface area contributed by atoms with E-state index in [-0.39, 0.29) is 30.4 Å². The van der Waals surface area contributed by atoms with E-state index in [1.165, 1.54) is 16.7 Å². The molecule has 2 rings (SSSR count). The molecule has 0 aliphatic carbocycles. The second kappa shape index (κ2) is 4.84. The van der Waals surface area contributed by atoms with Crippen LogP contribution in [0.25, 0.3) is 5.65 Å². The van der Waals surface area contributed by atoms with Gasteiger partial charge in [-0.05, 0) is 12.1 Å². The van der Waals surface area contributed by atoms with Gasteiger partial charge in [-0.3, -0.25) is 9.20 Å². The summed E-state index contributed by atoms with van der Waals surface area (Å²) >= 11 is 0. The third-order valence-corrected chi connectivity index (χ3v) is 1.50. The number of rotatable bonds is 0. The topological polar surface area (TPSA) is 34.4 Å². The van der Waals surface area contributed by atoms with Crippen LogP contribution in [0.1, 0.15) is 0 Å². The number of hydrogen-bond acceptors (Lipinski definition) is 2. The van der Waals surface area contributed by atoms with E-state index in [9.17, 15) is 4.79 Å². The van der Waals surface area contributed by atoms with Gasteiger partial charge < -0.3 is 0 Å². The van der Waals surface area contributed by atoms with E-state index in [1.807, 2.05) is 6.07 Å². The minimum absolute atomic E-state index is 0. The zero-order chi connectivity index (χ0) is 7.68. The first kappa shape index (κ1) is 11.9. The summed E-state index contributed by atoms with van der Waals surface area (Å²) in [7, 11) is 0. The Bertz CT molecular complexity index is 436. The van der Waals surface area contributed by atoms with Crippen molar-refractivity contribution in [2.75, 3.05) is 0 Å². The Balaban J connectivity index is 0.000000720. The second-order valence-electron chi connectivity index (χ2n) is 2.21. The van der Waals surface area contributed by atoms with E-state index in [4.69, 9.17) is 0 Å². The van der Waals surface area contributed by atoms with Crippen LogP contribution in [0.5, 0.6) is 0 Å². The van der Waals surface area contributed by atoms with Crippen LogP contribution in [-0.4, -0.2) is 9.38 Å². The lowest BCUT2D eigenvalue weighted by Crippen LogP contribution is -2.11. The summed E-state index contributed by atoms with van der Waals surface area (Å²) in [4.78, 5) is 15.1. The Morgan fingerprint density at radius 1 is 1.15 bits per heavy atom. The Morgan fingerprint density at radius 3 is 2.62 bits per heavy atom. The van der Waals surface area contributed by atoms with Gasteiger partial charge in [-0.1, -0.05) is 6.07 Å². The van der Waals surface area contributed by atoms with Crippen LogP contribution in [0.3, 0.4) is 0 Å². The number of nitrogens with zero attached hydrogens (tertiary/aromatic N) is 2. The number of halogens is 2. The Hall–Kier alpha value is -1.06. The summed E-state index contributed by atoms with van der Waals surface area (Å²) in [5, 5.41) is 0. The third kappa shape index (κ3) is 2.20. The van der Waals surface area contributed by atoms with Crippen LogP contribution in [0.4, 0.5) is 0 Å². The monoisotopic (exact) mass is 218 g/mol. The average molecular weight is 219 g/mol. The van der Waals surface area contributed by atoms with E-state index in [2.05, 4.69) is 4.98 Å². The molecule has 0 saturated heterocycles. The van der Waals surface area contributed by atoms with Gasteiger partial charge in [0, 0.05) is 18.5 Å². The van der Waals surface area contributed by atoms with Crippen molar-refractivity contribution < 1.29 is 0 Å². The summed E-state index contributed by atoms with van der Waals surface area (Å²) in [6.45, 7) is 0. The van der Waals surface area contributed by atoms with E-state index >= 15 is 0 Å². The van der Waals surface area contributed by atoms with E-state index < -0.39 is 0 Å². The molecule has 0 bridgehead atoms. The van der Waals surface area contributed by atoms with Crippen LogP contribution in [0, 0.1) is 0 Å². The van der Waals surface area contributed by atoms with E-state index in [0.717, 1.165) is 0 Å². The first-order valence-corrected chi connectivity index (χ1v) is 3.30. The van der Waals surface area contributed by atoms with Crippen molar-refractivity contribution in [1.29, 1.82) is 0 Å². The number of hydrogen-bond donors (Lipinski definition) is 0. The smallest absolute Gasteiger partial charge is 0.257 e. The van der Waals surface area contributed by atoms with Crippen molar-refractivity contribution in [3.8, 4) is 0 Å². The highest BCUT2D eigenvalue weighted by Gasteiger charge is 1.90. The molecule has 0 saturated carbocycles. The zero-order valence-corrected chi connectivity index (χ0v) is 8.22. The molecule has 0 fully saturated rings. The standard InChI is InChI=1S/C8H6N2O.2ClH/c11-8-4-5-9-7-3-1-2-6-10(7)8;;/h1-6H;2*1H. The predicted molar refractivity (Wildman–Crippen MR) is 56.0 cm³/mol. The number of pyridine rings is 1. The van der Waals surface area contributed by atoms with Crippen molar-refractivity contribution in [2.45, 2.75) is 0 Å². The Labute approximate surface area is 87.2 Å². The van der Waals surface area contributed by atoms with E-state index in [1.54, 1.807) is 18.3 Å². The van der Waals surface area contributed by atoms with Gasteiger partial charge in [0.05, 0.1) is 0 Å². The summed E-state index contributed by atoms with van der Waals surface area (Å²) in [6.07, 6.45) is 3.21. The lowest BCUT2D eigenvalue weighted by atomic mass is 10.4. The molecule has 0 amide bonds. The maximum absolute atomic E-state index is 11.1. The summed E-state index contributed by atoms with van der Waals surface area (Å²) in [5.74, 6) is 0. The predicted octanol–water partition coefficient (Wildman–Crippen LogP) is 1.54. The fourth-order valence-corrected chi connectivity index (χ4v) is 0.983. The zero-order valence-electron chi connectivity index (χ0n) is 6.58. The lowest BCUT2D eigenvalue weighted by molar-refractivity contribution is 1.05. The molecule has 13 heavy (non-hydrogen) atoms. The van der Waals surface area contributed by atoms with Crippen molar-refractivity contribution in [2.24, 2.45) is 0 Å². The van der Waals surface area contributed by atoms with Crippen LogP contribution >= 0.6 is 24.8 Å². The van der Waals surface area contributed by atoms with Crippen molar-refractivity contribution in [3.63, 3.8) is 0 Å². The minimum Gasteiger partial charge on any atom is -0.269 e. The lowest BCUT2D eigenvalue weighted by Gasteiger charge is -1.94. The molecule has 0 unspecified atom stereocenters. The third-order valence-electron chi connectivity index (χ3n) is 1.50. The van der Waals surface area contributed by atoms with Gasteiger partial charge in [0.15, 0.2) is 0 Å². The summed E-state index contributed by atoms with van der Waals surface area (Å²) in [6, 6.07) is 6.88. The molecule has 0 aliphatic rings. The highest BCUT2D eigenvalue weighted by molar-refractivity contribution is 5.85. The normalized spacial score (nSPS) is 8.62. The molecule has 0 aromatic carbocycles. The number of aromatic nitrogens is 2. The average Bonchev–Trinajstić information content (AvgIpc) is 2.06. The van der Waals surface area contributed by atoms with Gasteiger partial charge in [0.25, 0.3) is 5.56 Å². The Morgan fingerprint density at radius 2 is 1.92 bits per heavy atom. The molecule has 2 heterocycles. The molecule has 0 atom stereocenters. The van der Waals surface area contributed by atoms with Gasteiger partial charge in [-0.15, -0.1) is 24.8 Å². The van der Waals surface area contributed by atoms with Crippen LogP contribution in [0.2, 0.25) is 0 Å². The van der Waals surface area contributed by atoms with Crippen LogP contribution in [-0.2, 0) is 0 Å². The fraction of sp³-hybridized carbons (Fsp3) is 0. The van der Waals surface area contributed by atoms with Gasteiger partial charge >= 0.3 is 0 Å². The molecule has 0 N–H and O–H groups in total. The summed E-state index contributed by atoms with van der Waals surface area (Å²) in [5.41, 5.74) is 0.635. The molecule has 0 radical (unpaired) electrons. The largest absolute Gasteiger partial charge is 0.269 e. The molecule has 70 valence electrons. The molecular weight excluding hydrogens is 211 g/mol. The fourth-order valence-electron chi connectivity index (χ4n) is 0.983. The summed E-state index contributed by atoms with van der Waals surface area (Å²) < 4.78 is 1.50. The molecule has 0 spiro atoms. The quantitative estimate of drug-likeness (QED) is 0.673. The second-order valence-corrected chi connectivity index (χ2v) is 2.21. The van der Waals surface area contributed by atoms with Crippen molar-refractivity contribution >= 4 is 30.5 Å². The van der Waals surface area contributed by atoms with Gasteiger partial charge in [-0.25, -0.2) is 4.98 Å². The first-order valence-electron chi connectivity index (χ1n) is 3.30. The minimum atomic E-state index is -0.0457. The van der Waals surface area contributed by atoms with Crippen LogP contribution < -0.4 is 5.56 Å². The van der Waals surface area contributed by atoms with Gasteiger partial charge in [0.1, 0.15) is 5.65 Å². The Kier molecular flexibility index (Phi) is 4.45. The molecule has 2 aromatic heterocycles. The number of fused-ring (bicyclic) bond motifs is 1. The highest BCUT2D eigenvalue weighted by Crippen LogP contribution is 1.92. The van der Waals surface area contributed by atoms with Crippen molar-refractivity contribution in [3.05, 3.63) is 47.0 Å². The molecule has 5 heteroatoms. The molecule has 3 nitrogen and oxygen atoms in total. The SMILES string of the molecule is Cl.Cl.O=c1ccnc2ccccn12.